The molecule has 1 aliphatic heterocycles. The van der Waals surface area contributed by atoms with E-state index in [2.05, 4.69) is 17.2 Å². The Balaban J connectivity index is 1.59. The second-order valence-electron chi connectivity index (χ2n) is 5.50. The maximum absolute atomic E-state index is 12.3. The Morgan fingerprint density at radius 1 is 1.24 bits per heavy atom. The van der Waals surface area contributed by atoms with E-state index >= 15 is 0 Å². The molecule has 1 aromatic carbocycles. The summed E-state index contributed by atoms with van der Waals surface area (Å²) in [5.41, 5.74) is 7.43. The molecular weight excluding hydrogens is 264 g/mol. The van der Waals surface area contributed by atoms with Gasteiger partial charge in [-0.15, -0.1) is 0 Å². The smallest absolute Gasteiger partial charge is 0.224 e. The molecule has 5 heteroatoms. The van der Waals surface area contributed by atoms with Crippen molar-refractivity contribution >= 4 is 5.91 Å². The molecule has 1 saturated heterocycles. The van der Waals surface area contributed by atoms with Crippen molar-refractivity contribution in [2.24, 2.45) is 5.73 Å². The lowest BCUT2D eigenvalue weighted by molar-refractivity contribution is -0.130. The van der Waals surface area contributed by atoms with Crippen LogP contribution in [0, 0.1) is 0 Å². The minimum absolute atomic E-state index is 0.0149. The second-order valence-corrected chi connectivity index (χ2v) is 5.50. The van der Waals surface area contributed by atoms with Crippen LogP contribution in [0.15, 0.2) is 48.8 Å². The van der Waals surface area contributed by atoms with Gasteiger partial charge in [-0.3, -0.25) is 9.48 Å². The van der Waals surface area contributed by atoms with Crippen LogP contribution < -0.4 is 5.73 Å². The zero-order valence-electron chi connectivity index (χ0n) is 11.9. The summed E-state index contributed by atoms with van der Waals surface area (Å²) < 4.78 is 1.78. The van der Waals surface area contributed by atoms with Gasteiger partial charge in [-0.1, -0.05) is 30.3 Å². The molecule has 2 aromatic rings. The van der Waals surface area contributed by atoms with Crippen LogP contribution >= 0.6 is 0 Å². The fourth-order valence-corrected chi connectivity index (χ4v) is 2.89. The summed E-state index contributed by atoms with van der Waals surface area (Å²) in [7, 11) is 0. The van der Waals surface area contributed by atoms with E-state index in [1.807, 2.05) is 35.4 Å². The van der Waals surface area contributed by atoms with Gasteiger partial charge < -0.3 is 10.6 Å². The molecule has 3 rings (SSSR count). The highest BCUT2D eigenvalue weighted by atomic mass is 16.2. The Bertz CT molecular complexity index is 582. The van der Waals surface area contributed by atoms with Crippen LogP contribution in [-0.4, -0.2) is 39.7 Å². The first-order valence-corrected chi connectivity index (χ1v) is 7.30. The minimum atomic E-state index is 0.0149. The quantitative estimate of drug-likeness (QED) is 0.918. The summed E-state index contributed by atoms with van der Waals surface area (Å²) in [5.74, 6) is 0.388. The lowest BCUT2D eigenvalue weighted by Gasteiger charge is -2.16. The Morgan fingerprint density at radius 2 is 2.05 bits per heavy atom. The van der Waals surface area contributed by atoms with Crippen molar-refractivity contribution in [1.82, 2.24) is 14.7 Å². The summed E-state index contributed by atoms with van der Waals surface area (Å²) in [6.45, 7) is 1.97. The van der Waals surface area contributed by atoms with Crippen molar-refractivity contribution in [3.63, 3.8) is 0 Å². The molecule has 2 heterocycles. The van der Waals surface area contributed by atoms with Gasteiger partial charge in [0.15, 0.2) is 0 Å². The third-order valence-corrected chi connectivity index (χ3v) is 4.06. The molecule has 0 radical (unpaired) electrons. The van der Waals surface area contributed by atoms with Crippen molar-refractivity contribution < 1.29 is 4.79 Å². The highest BCUT2D eigenvalue weighted by Gasteiger charge is 2.33. The molecule has 1 amide bonds. The predicted molar refractivity (Wildman–Crippen MR) is 80.6 cm³/mol. The van der Waals surface area contributed by atoms with Crippen LogP contribution in [0.25, 0.3) is 0 Å². The minimum Gasteiger partial charge on any atom is -0.340 e. The Labute approximate surface area is 124 Å². The van der Waals surface area contributed by atoms with Crippen molar-refractivity contribution in [2.75, 3.05) is 13.1 Å². The lowest BCUT2D eigenvalue weighted by atomic mass is 9.95. The number of hydrogen-bond acceptors (Lipinski definition) is 3. The first kappa shape index (κ1) is 13.8. The van der Waals surface area contributed by atoms with E-state index in [-0.39, 0.29) is 17.9 Å². The van der Waals surface area contributed by atoms with E-state index in [4.69, 9.17) is 5.73 Å². The number of amides is 1. The zero-order chi connectivity index (χ0) is 14.7. The molecule has 0 unspecified atom stereocenters. The molecule has 1 fully saturated rings. The van der Waals surface area contributed by atoms with Crippen LogP contribution in [0.5, 0.6) is 0 Å². The van der Waals surface area contributed by atoms with Gasteiger partial charge in [-0.25, -0.2) is 0 Å². The molecule has 1 aliphatic rings. The third-order valence-electron chi connectivity index (χ3n) is 4.06. The van der Waals surface area contributed by atoms with Crippen LogP contribution in [0.4, 0.5) is 0 Å². The van der Waals surface area contributed by atoms with Gasteiger partial charge >= 0.3 is 0 Å². The maximum atomic E-state index is 12.3. The number of nitrogens with two attached hydrogens (primary N) is 1. The summed E-state index contributed by atoms with van der Waals surface area (Å²) in [6, 6.07) is 12.1. The van der Waals surface area contributed by atoms with Crippen molar-refractivity contribution in [2.45, 2.75) is 24.9 Å². The number of aromatic nitrogens is 2. The number of rotatable bonds is 4. The monoisotopic (exact) mass is 284 g/mol. The predicted octanol–water partition coefficient (Wildman–Crippen LogP) is 1.23. The van der Waals surface area contributed by atoms with E-state index in [9.17, 15) is 4.79 Å². The molecule has 1 aromatic heterocycles. The van der Waals surface area contributed by atoms with Crippen molar-refractivity contribution in [1.29, 1.82) is 0 Å². The van der Waals surface area contributed by atoms with E-state index in [0.717, 1.165) is 0 Å². The first-order chi connectivity index (χ1) is 10.2. The number of nitrogens with zero attached hydrogens (tertiary/aromatic N) is 3. The number of carbonyl (C=O) groups excluding carboxylic acids is 1. The molecule has 5 nitrogen and oxygen atoms in total. The van der Waals surface area contributed by atoms with E-state index in [1.165, 1.54) is 5.56 Å². The van der Waals surface area contributed by atoms with Crippen LogP contribution in [-0.2, 0) is 11.3 Å². The molecule has 0 saturated carbocycles. The van der Waals surface area contributed by atoms with E-state index < -0.39 is 0 Å². The van der Waals surface area contributed by atoms with Gasteiger partial charge in [0.2, 0.25) is 5.91 Å². The van der Waals surface area contributed by atoms with Gasteiger partial charge in [0, 0.05) is 50.4 Å². The topological polar surface area (TPSA) is 64.2 Å². The average Bonchev–Trinajstić information content (AvgIpc) is 3.15. The number of benzene rings is 1. The Hall–Kier alpha value is -2.14. The highest BCUT2D eigenvalue weighted by Crippen LogP contribution is 2.26. The van der Waals surface area contributed by atoms with Gasteiger partial charge in [-0.05, 0) is 11.6 Å². The molecule has 2 atom stereocenters. The van der Waals surface area contributed by atoms with Crippen LogP contribution in [0.1, 0.15) is 17.9 Å². The molecule has 21 heavy (non-hydrogen) atoms. The summed E-state index contributed by atoms with van der Waals surface area (Å²) >= 11 is 0. The number of aryl methyl sites for hydroxylation is 1. The number of hydrogen-bond donors (Lipinski definition) is 1. The van der Waals surface area contributed by atoms with Crippen LogP contribution in [0.3, 0.4) is 0 Å². The third kappa shape index (κ3) is 3.13. The Kier molecular flexibility index (Phi) is 4.01. The maximum Gasteiger partial charge on any atom is 0.224 e. The summed E-state index contributed by atoms with van der Waals surface area (Å²) in [6.07, 6.45) is 4.06. The normalized spacial score (nSPS) is 21.7. The van der Waals surface area contributed by atoms with E-state index in [0.29, 0.717) is 26.1 Å². The SMILES string of the molecule is N[C@@H]1CN(C(=O)CCn2cccn2)C[C@H]1c1ccccc1. The first-order valence-electron chi connectivity index (χ1n) is 7.30. The van der Waals surface area contributed by atoms with Crippen LogP contribution in [0.2, 0.25) is 0 Å². The fourth-order valence-electron chi connectivity index (χ4n) is 2.89. The molecule has 2 N–H and O–H groups in total. The van der Waals surface area contributed by atoms with Crippen molar-refractivity contribution in [3.8, 4) is 0 Å². The van der Waals surface area contributed by atoms with Gasteiger partial charge in [-0.2, -0.15) is 5.10 Å². The van der Waals surface area contributed by atoms with Crippen molar-refractivity contribution in [3.05, 3.63) is 54.4 Å². The lowest BCUT2D eigenvalue weighted by Crippen LogP contribution is -2.32. The number of carbonyl (C=O) groups is 1. The standard InChI is InChI=1S/C16H20N4O/c17-15-12-19(11-14(15)13-5-2-1-3-6-13)16(21)7-10-20-9-4-8-18-20/h1-6,8-9,14-15H,7,10-12,17H2/t14-,15+/m0/s1. The second kappa shape index (κ2) is 6.10. The molecule has 0 spiro atoms. The fraction of sp³-hybridized carbons (Fsp3) is 0.375. The van der Waals surface area contributed by atoms with Gasteiger partial charge in [0.1, 0.15) is 0 Å². The zero-order valence-corrected chi connectivity index (χ0v) is 11.9. The number of likely N-dealkylation sites (tertiary alicyclic amines) is 1. The molecule has 0 bridgehead atoms. The largest absolute Gasteiger partial charge is 0.340 e. The molecule has 0 aliphatic carbocycles. The van der Waals surface area contributed by atoms with Gasteiger partial charge in [0.25, 0.3) is 0 Å². The van der Waals surface area contributed by atoms with E-state index in [1.54, 1.807) is 10.9 Å². The Morgan fingerprint density at radius 3 is 2.76 bits per heavy atom. The average molecular weight is 284 g/mol. The highest BCUT2D eigenvalue weighted by molar-refractivity contribution is 5.76. The van der Waals surface area contributed by atoms with Gasteiger partial charge in [0.05, 0.1) is 0 Å². The summed E-state index contributed by atoms with van der Waals surface area (Å²) in [5, 5.41) is 4.11. The molecular formula is C16H20N4O. The molecule has 110 valence electrons. The summed E-state index contributed by atoms with van der Waals surface area (Å²) in [4.78, 5) is 14.2.